The monoisotopic (exact) mass is 392 g/mol. The number of hydrogen-bond acceptors (Lipinski definition) is 3. The van der Waals surface area contributed by atoms with Crippen molar-refractivity contribution < 1.29 is 27.2 Å². The predicted octanol–water partition coefficient (Wildman–Crippen LogP) is 3.85. The molecule has 1 aromatic carbocycles. The Labute approximate surface area is 159 Å². The number of piperidine rings is 1. The molecule has 2 saturated heterocycles. The molecular weight excluding hydrogens is 373 g/mol. The number of nitrogens with zero attached hydrogens (tertiary/aromatic N) is 1. The fourth-order valence-electron chi connectivity index (χ4n) is 4.09. The second-order valence-electron chi connectivity index (χ2n) is 7.17. The third-order valence-corrected chi connectivity index (χ3v) is 5.37. The third-order valence-electron chi connectivity index (χ3n) is 5.37. The van der Waals surface area contributed by atoms with Gasteiger partial charge in [0.25, 0.3) is 5.91 Å². The molecule has 2 aliphatic rings. The Morgan fingerprint density at radius 2 is 1.86 bits per heavy atom. The lowest BCUT2D eigenvalue weighted by Gasteiger charge is -2.39. The van der Waals surface area contributed by atoms with Gasteiger partial charge in [0.05, 0.1) is 5.56 Å². The number of carbonyl (C=O) groups excluding carboxylic acids is 2. The fourth-order valence-corrected chi connectivity index (χ4v) is 4.09. The van der Waals surface area contributed by atoms with Gasteiger partial charge in [-0.05, 0) is 37.5 Å². The van der Waals surface area contributed by atoms with E-state index in [2.05, 4.69) is 5.32 Å². The smallest absolute Gasteiger partial charge is 0.417 e. The van der Waals surface area contributed by atoms with Gasteiger partial charge in [-0.25, -0.2) is 0 Å². The average molecular weight is 392 g/mol. The highest BCUT2D eigenvalue weighted by atomic mass is 19.4. The maximum Gasteiger partial charge on any atom is 0.417 e. The molecular formula is C20H19F3N2O3. The lowest BCUT2D eigenvalue weighted by Crippen LogP contribution is -2.51. The molecule has 0 spiro atoms. The summed E-state index contributed by atoms with van der Waals surface area (Å²) in [5.41, 5.74) is -0.924. The Kier molecular flexibility index (Phi) is 4.64. The summed E-state index contributed by atoms with van der Waals surface area (Å²) in [6, 6.07) is 7.54. The molecule has 5 nitrogen and oxygen atoms in total. The quantitative estimate of drug-likeness (QED) is 0.845. The number of nitrogens with one attached hydrogen (secondary N) is 1. The summed E-state index contributed by atoms with van der Waals surface area (Å²) in [4.78, 5) is 26.6. The molecule has 2 aromatic rings. The normalized spacial score (nSPS) is 22.5. The molecule has 3 heterocycles. The summed E-state index contributed by atoms with van der Waals surface area (Å²) in [6.45, 7) is 0.381. The number of rotatable bonds is 2. The molecule has 0 saturated carbocycles. The topological polar surface area (TPSA) is 62.6 Å². The van der Waals surface area contributed by atoms with Crippen LogP contribution in [0.15, 0.2) is 40.8 Å². The Morgan fingerprint density at radius 3 is 2.64 bits per heavy atom. The van der Waals surface area contributed by atoms with Crippen LogP contribution >= 0.6 is 0 Å². The van der Waals surface area contributed by atoms with E-state index in [-0.39, 0.29) is 47.4 Å². The molecule has 4 rings (SSSR count). The van der Waals surface area contributed by atoms with Crippen molar-refractivity contribution in [1.82, 2.24) is 10.2 Å². The van der Waals surface area contributed by atoms with Gasteiger partial charge in [0, 0.05) is 30.6 Å². The predicted molar refractivity (Wildman–Crippen MR) is 94.4 cm³/mol. The highest BCUT2D eigenvalue weighted by Gasteiger charge is 2.39. The van der Waals surface area contributed by atoms with Crippen LogP contribution in [0.3, 0.4) is 0 Å². The van der Waals surface area contributed by atoms with E-state index >= 15 is 0 Å². The molecule has 8 heteroatoms. The maximum atomic E-state index is 13.3. The van der Waals surface area contributed by atoms with Gasteiger partial charge in [-0.2, -0.15) is 13.2 Å². The molecule has 0 aliphatic carbocycles. The highest BCUT2D eigenvalue weighted by Crippen LogP contribution is 2.38. The van der Waals surface area contributed by atoms with Crippen molar-refractivity contribution in [1.29, 1.82) is 0 Å². The summed E-state index contributed by atoms with van der Waals surface area (Å²) >= 11 is 0. The van der Waals surface area contributed by atoms with Crippen LogP contribution < -0.4 is 5.32 Å². The Hall–Kier alpha value is -2.77. The average Bonchev–Trinajstić information content (AvgIpc) is 3.12. The molecule has 1 aromatic heterocycles. The van der Waals surface area contributed by atoms with E-state index in [9.17, 15) is 22.8 Å². The first-order valence-electron chi connectivity index (χ1n) is 9.20. The van der Waals surface area contributed by atoms with Crippen LogP contribution in [-0.2, 0) is 11.0 Å². The van der Waals surface area contributed by atoms with E-state index in [1.54, 1.807) is 4.90 Å². The van der Waals surface area contributed by atoms with Crippen LogP contribution in [0.1, 0.15) is 41.8 Å². The van der Waals surface area contributed by atoms with E-state index in [0.717, 1.165) is 25.3 Å². The fraction of sp³-hybridized carbons (Fsp3) is 0.400. The lowest BCUT2D eigenvalue weighted by atomic mass is 9.94. The summed E-state index contributed by atoms with van der Waals surface area (Å²) in [5.74, 6) is -0.503. The van der Waals surface area contributed by atoms with Gasteiger partial charge in [0.2, 0.25) is 5.91 Å². The van der Waals surface area contributed by atoms with Gasteiger partial charge in [0.1, 0.15) is 5.76 Å². The van der Waals surface area contributed by atoms with Crippen LogP contribution in [0.25, 0.3) is 11.3 Å². The Balaban J connectivity index is 1.65. The number of hydrogen-bond donors (Lipinski definition) is 1. The minimum atomic E-state index is -4.53. The van der Waals surface area contributed by atoms with Crippen LogP contribution in [0, 0.1) is 0 Å². The second kappa shape index (κ2) is 7.00. The van der Waals surface area contributed by atoms with E-state index in [0.29, 0.717) is 6.54 Å². The zero-order valence-electron chi connectivity index (χ0n) is 15.0. The number of amides is 2. The summed E-state index contributed by atoms with van der Waals surface area (Å²) in [7, 11) is 0. The van der Waals surface area contributed by atoms with Crippen LogP contribution in [0.5, 0.6) is 0 Å². The van der Waals surface area contributed by atoms with E-state index in [1.807, 2.05) is 0 Å². The first-order chi connectivity index (χ1) is 13.3. The van der Waals surface area contributed by atoms with Gasteiger partial charge >= 0.3 is 6.18 Å². The van der Waals surface area contributed by atoms with Crippen molar-refractivity contribution in [3.8, 4) is 11.3 Å². The van der Waals surface area contributed by atoms with Gasteiger partial charge < -0.3 is 14.6 Å². The molecule has 0 radical (unpaired) electrons. The molecule has 1 N–H and O–H groups in total. The number of alkyl halides is 3. The van der Waals surface area contributed by atoms with Crippen LogP contribution in [0.2, 0.25) is 0 Å². The summed E-state index contributed by atoms with van der Waals surface area (Å²) in [5, 5.41) is 2.82. The second-order valence-corrected chi connectivity index (χ2v) is 7.17. The van der Waals surface area contributed by atoms with Gasteiger partial charge in [-0.1, -0.05) is 18.2 Å². The number of carbonyl (C=O) groups is 2. The largest absolute Gasteiger partial charge is 0.451 e. The Morgan fingerprint density at radius 1 is 1.11 bits per heavy atom. The number of furan rings is 1. The SMILES string of the molecule is O=C1CC2CCCC(CN1)N2C(=O)c1ccc(-c2ccccc2C(F)(F)F)o1. The Bertz CT molecular complexity index is 906. The molecule has 2 atom stereocenters. The summed E-state index contributed by atoms with van der Waals surface area (Å²) < 4.78 is 45.4. The molecule has 2 aliphatic heterocycles. The van der Waals surface area contributed by atoms with Crippen molar-refractivity contribution in [2.45, 2.75) is 43.9 Å². The van der Waals surface area contributed by atoms with E-state index in [4.69, 9.17) is 4.42 Å². The van der Waals surface area contributed by atoms with E-state index in [1.165, 1.54) is 30.3 Å². The minimum absolute atomic E-state index is 0.00884. The molecule has 2 bridgehead atoms. The zero-order chi connectivity index (χ0) is 19.9. The third kappa shape index (κ3) is 3.39. The van der Waals surface area contributed by atoms with Crippen molar-refractivity contribution in [2.24, 2.45) is 0 Å². The highest BCUT2D eigenvalue weighted by molar-refractivity contribution is 5.93. The zero-order valence-corrected chi connectivity index (χ0v) is 15.0. The summed E-state index contributed by atoms with van der Waals surface area (Å²) in [6.07, 6.45) is -1.88. The molecule has 148 valence electrons. The van der Waals surface area contributed by atoms with Gasteiger partial charge in [-0.3, -0.25) is 9.59 Å². The van der Waals surface area contributed by atoms with Crippen molar-refractivity contribution in [3.05, 3.63) is 47.7 Å². The van der Waals surface area contributed by atoms with Crippen molar-refractivity contribution in [2.75, 3.05) is 6.54 Å². The maximum absolute atomic E-state index is 13.3. The van der Waals surface area contributed by atoms with Crippen LogP contribution in [0.4, 0.5) is 13.2 Å². The first-order valence-corrected chi connectivity index (χ1v) is 9.20. The van der Waals surface area contributed by atoms with Crippen molar-refractivity contribution in [3.63, 3.8) is 0 Å². The number of benzene rings is 1. The standard InChI is InChI=1S/C20H19F3N2O3/c21-20(22,23)15-7-2-1-6-14(15)16-8-9-17(28-16)19(27)25-12-4-3-5-13(25)11-24-18(26)10-12/h1-2,6-9,12-13H,3-5,10-11H2,(H,24,26). The lowest BCUT2D eigenvalue weighted by molar-refractivity contribution is -0.137. The van der Waals surface area contributed by atoms with Gasteiger partial charge in [-0.15, -0.1) is 0 Å². The molecule has 2 fully saturated rings. The number of halogens is 3. The van der Waals surface area contributed by atoms with Crippen LogP contribution in [-0.4, -0.2) is 35.3 Å². The van der Waals surface area contributed by atoms with E-state index < -0.39 is 11.7 Å². The first kappa shape index (κ1) is 18.6. The van der Waals surface area contributed by atoms with Crippen molar-refractivity contribution >= 4 is 11.8 Å². The molecule has 2 unspecified atom stereocenters. The molecule has 28 heavy (non-hydrogen) atoms. The number of fused-ring (bicyclic) bond motifs is 2. The van der Waals surface area contributed by atoms with Gasteiger partial charge in [0.15, 0.2) is 5.76 Å². The molecule has 2 amide bonds. The minimum Gasteiger partial charge on any atom is -0.451 e.